The van der Waals surface area contributed by atoms with Gasteiger partial charge in [0.2, 0.25) is 0 Å². The van der Waals surface area contributed by atoms with Crippen molar-refractivity contribution in [1.29, 1.82) is 0 Å². The molecule has 9 heteroatoms. The molecule has 0 saturated carbocycles. The lowest BCUT2D eigenvalue weighted by Gasteiger charge is -2.13. The summed E-state index contributed by atoms with van der Waals surface area (Å²) in [4.78, 5) is 28.2. The maximum Gasteiger partial charge on any atom is 0.257 e. The van der Waals surface area contributed by atoms with Gasteiger partial charge in [-0.2, -0.15) is 0 Å². The highest BCUT2D eigenvalue weighted by atomic mass is 35.5. The standard InChI is InChI=1S/C23H24ClN3O4S/c1-4-13(2)14-5-7-15(8-6-14)18-12-32-23(26-18)27-22(29)16-9-17(24)21(19(10-16)30-3)31-11-20(25)28/h5-10,12-13H,4,11H2,1-3H3,(H2,25,28)(H,26,27,29)/t13-/m0/s1. The summed E-state index contributed by atoms with van der Waals surface area (Å²) in [5.74, 6) is -0.198. The number of thiazole rings is 1. The smallest absolute Gasteiger partial charge is 0.257 e. The summed E-state index contributed by atoms with van der Waals surface area (Å²) in [5, 5.41) is 5.25. The van der Waals surface area contributed by atoms with Crippen molar-refractivity contribution in [3.8, 4) is 22.8 Å². The summed E-state index contributed by atoms with van der Waals surface area (Å²) >= 11 is 7.55. The fourth-order valence-electron chi connectivity index (χ4n) is 2.99. The molecule has 1 atom stereocenters. The van der Waals surface area contributed by atoms with Crippen molar-refractivity contribution in [2.75, 3.05) is 19.0 Å². The highest BCUT2D eigenvalue weighted by Gasteiger charge is 2.18. The fraction of sp³-hybridized carbons (Fsp3) is 0.261. The normalized spacial score (nSPS) is 11.6. The molecule has 3 N–H and O–H groups in total. The Bertz CT molecular complexity index is 1110. The van der Waals surface area contributed by atoms with Crippen LogP contribution in [0, 0.1) is 0 Å². The van der Waals surface area contributed by atoms with Crippen molar-refractivity contribution in [2.45, 2.75) is 26.2 Å². The average molecular weight is 474 g/mol. The number of rotatable bonds is 9. The van der Waals surface area contributed by atoms with E-state index in [1.54, 1.807) is 0 Å². The average Bonchev–Trinajstić information content (AvgIpc) is 3.25. The molecule has 0 aliphatic heterocycles. The van der Waals surface area contributed by atoms with Crippen LogP contribution >= 0.6 is 22.9 Å². The SMILES string of the molecule is CC[C@H](C)c1ccc(-c2csc(NC(=O)c3cc(Cl)c(OCC(N)=O)c(OC)c3)n2)cc1. The first-order valence-electron chi connectivity index (χ1n) is 9.98. The molecule has 0 aliphatic carbocycles. The quantitative estimate of drug-likeness (QED) is 0.449. The largest absolute Gasteiger partial charge is 0.493 e. The molecule has 1 aromatic heterocycles. The number of nitrogens with zero attached hydrogens (tertiary/aromatic N) is 1. The van der Waals surface area contributed by atoms with Crippen LogP contribution < -0.4 is 20.5 Å². The Morgan fingerprint density at radius 1 is 1.25 bits per heavy atom. The van der Waals surface area contributed by atoms with Gasteiger partial charge in [-0.25, -0.2) is 4.98 Å². The third-order valence-corrected chi connectivity index (χ3v) is 6.00. The first kappa shape index (κ1) is 23.6. The molecule has 0 spiro atoms. The van der Waals surface area contributed by atoms with E-state index in [9.17, 15) is 9.59 Å². The van der Waals surface area contributed by atoms with Gasteiger partial charge < -0.3 is 15.2 Å². The fourth-order valence-corrected chi connectivity index (χ4v) is 3.97. The number of ether oxygens (including phenoxy) is 2. The zero-order valence-corrected chi connectivity index (χ0v) is 19.5. The van der Waals surface area contributed by atoms with Crippen LogP contribution in [0.3, 0.4) is 0 Å². The molecule has 2 aromatic carbocycles. The second-order valence-electron chi connectivity index (χ2n) is 7.17. The van der Waals surface area contributed by atoms with Crippen LogP contribution in [-0.2, 0) is 4.79 Å². The molecule has 168 valence electrons. The number of hydrogen-bond acceptors (Lipinski definition) is 6. The van der Waals surface area contributed by atoms with Crippen LogP contribution in [0.25, 0.3) is 11.3 Å². The number of nitrogens with one attached hydrogen (secondary N) is 1. The Morgan fingerprint density at radius 3 is 2.59 bits per heavy atom. The van der Waals surface area contributed by atoms with E-state index in [0.717, 1.165) is 17.7 Å². The van der Waals surface area contributed by atoms with Gasteiger partial charge in [0.15, 0.2) is 23.2 Å². The van der Waals surface area contributed by atoms with Crippen LogP contribution in [0.5, 0.6) is 11.5 Å². The topological polar surface area (TPSA) is 104 Å². The number of halogens is 1. The molecule has 32 heavy (non-hydrogen) atoms. The molecule has 0 saturated heterocycles. The molecule has 0 aliphatic rings. The molecule has 3 aromatic rings. The molecule has 0 radical (unpaired) electrons. The number of amides is 2. The number of nitrogens with two attached hydrogens (primary N) is 1. The zero-order valence-electron chi connectivity index (χ0n) is 18.0. The number of primary amides is 1. The molecule has 0 fully saturated rings. The molecular formula is C23H24ClN3O4S. The predicted octanol–water partition coefficient (Wildman–Crippen LogP) is 5.10. The minimum atomic E-state index is -0.654. The van der Waals surface area contributed by atoms with E-state index < -0.39 is 11.8 Å². The van der Waals surface area contributed by atoms with E-state index >= 15 is 0 Å². The summed E-state index contributed by atoms with van der Waals surface area (Å²) in [5.41, 5.74) is 8.41. The zero-order chi connectivity index (χ0) is 23.3. The highest BCUT2D eigenvalue weighted by Crippen LogP contribution is 2.37. The molecule has 3 rings (SSSR count). The van der Waals surface area contributed by atoms with Gasteiger partial charge in [0, 0.05) is 16.5 Å². The first-order valence-corrected chi connectivity index (χ1v) is 11.2. The van der Waals surface area contributed by atoms with E-state index in [0.29, 0.717) is 11.0 Å². The molecule has 7 nitrogen and oxygen atoms in total. The van der Waals surface area contributed by atoms with E-state index in [1.807, 2.05) is 17.5 Å². The minimum absolute atomic E-state index is 0.122. The highest BCUT2D eigenvalue weighted by molar-refractivity contribution is 7.14. The lowest BCUT2D eigenvalue weighted by molar-refractivity contribution is -0.119. The molecular weight excluding hydrogens is 450 g/mol. The van der Waals surface area contributed by atoms with Crippen molar-refractivity contribution in [1.82, 2.24) is 4.98 Å². The van der Waals surface area contributed by atoms with Gasteiger partial charge in [-0.1, -0.05) is 49.7 Å². The summed E-state index contributed by atoms with van der Waals surface area (Å²) in [6.45, 7) is 4.00. The molecule has 1 heterocycles. The maximum absolute atomic E-state index is 12.7. The Labute approximate surface area is 195 Å². The Kier molecular flexibility index (Phi) is 7.71. The monoisotopic (exact) mass is 473 g/mol. The van der Waals surface area contributed by atoms with Crippen molar-refractivity contribution >= 4 is 39.9 Å². The lowest BCUT2D eigenvalue weighted by Crippen LogP contribution is -2.20. The number of benzene rings is 2. The van der Waals surface area contributed by atoms with Gasteiger partial charge in [0.05, 0.1) is 17.8 Å². The van der Waals surface area contributed by atoms with Gasteiger partial charge >= 0.3 is 0 Å². The van der Waals surface area contributed by atoms with Crippen LogP contribution in [0.15, 0.2) is 41.8 Å². The third-order valence-electron chi connectivity index (χ3n) is 4.96. The van der Waals surface area contributed by atoms with E-state index in [1.165, 1.54) is 36.1 Å². The van der Waals surface area contributed by atoms with Crippen molar-refractivity contribution in [2.24, 2.45) is 5.73 Å². The summed E-state index contributed by atoms with van der Waals surface area (Å²) in [6.07, 6.45) is 1.08. The maximum atomic E-state index is 12.7. The van der Waals surface area contributed by atoms with Crippen molar-refractivity contribution < 1.29 is 19.1 Å². The summed E-state index contributed by atoms with van der Waals surface area (Å²) < 4.78 is 10.5. The van der Waals surface area contributed by atoms with E-state index in [2.05, 4.69) is 36.3 Å². The molecule has 0 unspecified atom stereocenters. The van der Waals surface area contributed by atoms with E-state index in [-0.39, 0.29) is 28.7 Å². The van der Waals surface area contributed by atoms with Gasteiger partial charge in [0.1, 0.15) is 0 Å². The number of carbonyl (C=O) groups excluding carboxylic acids is 2. The second-order valence-corrected chi connectivity index (χ2v) is 8.43. The lowest BCUT2D eigenvalue weighted by atomic mass is 9.97. The Balaban J connectivity index is 1.74. The van der Waals surface area contributed by atoms with Gasteiger partial charge in [-0.05, 0) is 30.0 Å². The van der Waals surface area contributed by atoms with Crippen molar-refractivity contribution in [3.05, 3.63) is 57.9 Å². The minimum Gasteiger partial charge on any atom is -0.493 e. The van der Waals surface area contributed by atoms with Gasteiger partial charge in [-0.15, -0.1) is 11.3 Å². The third kappa shape index (κ3) is 5.57. The number of hydrogen-bond donors (Lipinski definition) is 2. The van der Waals surface area contributed by atoms with Gasteiger partial charge in [-0.3, -0.25) is 14.9 Å². The second kappa shape index (κ2) is 10.5. The number of carbonyl (C=O) groups is 2. The summed E-state index contributed by atoms with van der Waals surface area (Å²) in [6, 6.07) is 11.2. The number of anilines is 1. The van der Waals surface area contributed by atoms with Crippen LogP contribution in [0.1, 0.15) is 42.1 Å². The predicted molar refractivity (Wildman–Crippen MR) is 127 cm³/mol. The Hall–Kier alpha value is -3.10. The number of methoxy groups -OCH3 is 1. The van der Waals surface area contributed by atoms with Crippen LogP contribution in [-0.4, -0.2) is 30.5 Å². The summed E-state index contributed by atoms with van der Waals surface area (Å²) in [7, 11) is 1.41. The first-order chi connectivity index (χ1) is 15.3. The van der Waals surface area contributed by atoms with Crippen LogP contribution in [0.2, 0.25) is 5.02 Å². The Morgan fingerprint density at radius 2 is 1.97 bits per heavy atom. The van der Waals surface area contributed by atoms with Crippen LogP contribution in [0.4, 0.5) is 5.13 Å². The van der Waals surface area contributed by atoms with Gasteiger partial charge in [0.25, 0.3) is 11.8 Å². The molecule has 2 amide bonds. The number of aromatic nitrogens is 1. The van der Waals surface area contributed by atoms with Crippen molar-refractivity contribution in [3.63, 3.8) is 0 Å². The van der Waals surface area contributed by atoms with E-state index in [4.69, 9.17) is 26.8 Å². The molecule has 0 bridgehead atoms.